The molecule has 27 heavy (non-hydrogen) atoms. The zero-order chi connectivity index (χ0) is 19.2. The molecule has 2 aromatic rings. The molecule has 4 nitrogen and oxygen atoms in total. The highest BCUT2D eigenvalue weighted by Gasteiger charge is 2.32. The number of ether oxygens (including phenoxy) is 2. The van der Waals surface area contributed by atoms with E-state index in [1.807, 2.05) is 30.5 Å². The number of hydrogen-bond acceptors (Lipinski definition) is 4. The van der Waals surface area contributed by atoms with Crippen LogP contribution in [0.25, 0.3) is 0 Å². The molecular formula is C23H28N2O2. The third-order valence-electron chi connectivity index (χ3n) is 5.11. The van der Waals surface area contributed by atoms with Crippen LogP contribution < -0.4 is 9.47 Å². The van der Waals surface area contributed by atoms with Crippen LogP contribution in [0.3, 0.4) is 0 Å². The minimum absolute atomic E-state index is 0.128. The fourth-order valence-electron chi connectivity index (χ4n) is 3.65. The summed E-state index contributed by atoms with van der Waals surface area (Å²) in [6.45, 7) is 0. The summed E-state index contributed by atoms with van der Waals surface area (Å²) in [5.74, 6) is 1.79. The lowest BCUT2D eigenvalue weighted by Gasteiger charge is -2.36. The average molecular weight is 364 g/mol. The Labute approximate surface area is 162 Å². The fraction of sp³-hybridized carbons (Fsp3) is 0.348. The molecule has 1 unspecified atom stereocenters. The van der Waals surface area contributed by atoms with Gasteiger partial charge in [0.1, 0.15) is 0 Å². The van der Waals surface area contributed by atoms with Gasteiger partial charge in [0.2, 0.25) is 0 Å². The summed E-state index contributed by atoms with van der Waals surface area (Å²) in [5.41, 5.74) is 2.34. The molecule has 0 aliphatic heterocycles. The van der Waals surface area contributed by atoms with E-state index in [0.29, 0.717) is 0 Å². The van der Waals surface area contributed by atoms with Gasteiger partial charge < -0.3 is 14.4 Å². The van der Waals surface area contributed by atoms with Gasteiger partial charge in [-0.05, 0) is 43.8 Å². The van der Waals surface area contributed by atoms with Crippen LogP contribution in [0.5, 0.6) is 11.5 Å². The van der Waals surface area contributed by atoms with Gasteiger partial charge in [-0.15, -0.1) is 0 Å². The summed E-state index contributed by atoms with van der Waals surface area (Å²) in [5, 5.41) is 0. The third-order valence-corrected chi connectivity index (χ3v) is 5.11. The summed E-state index contributed by atoms with van der Waals surface area (Å²) in [7, 11) is 7.56. The van der Waals surface area contributed by atoms with E-state index in [9.17, 15) is 0 Å². The van der Waals surface area contributed by atoms with Gasteiger partial charge >= 0.3 is 0 Å². The van der Waals surface area contributed by atoms with E-state index >= 15 is 0 Å². The molecule has 142 valence electrons. The van der Waals surface area contributed by atoms with Crippen LogP contribution in [-0.2, 0) is 0 Å². The molecule has 0 heterocycles. The first-order valence-electron chi connectivity index (χ1n) is 9.27. The summed E-state index contributed by atoms with van der Waals surface area (Å²) >= 11 is 0. The second-order valence-corrected chi connectivity index (χ2v) is 7.02. The van der Waals surface area contributed by atoms with Gasteiger partial charge in [0, 0.05) is 12.1 Å². The second-order valence-electron chi connectivity index (χ2n) is 7.02. The number of benzene rings is 2. The monoisotopic (exact) mass is 364 g/mol. The van der Waals surface area contributed by atoms with Gasteiger partial charge in [0.15, 0.2) is 11.5 Å². The Hall–Kier alpha value is -2.59. The molecule has 1 aliphatic carbocycles. The van der Waals surface area contributed by atoms with Crippen LogP contribution in [-0.4, -0.2) is 51.5 Å². The Balaban J connectivity index is 1.96. The number of methoxy groups -OCH3 is 2. The van der Waals surface area contributed by atoms with E-state index in [1.54, 1.807) is 14.2 Å². The lowest BCUT2D eigenvalue weighted by Crippen LogP contribution is -2.42. The quantitative estimate of drug-likeness (QED) is 0.570. The predicted octanol–water partition coefficient (Wildman–Crippen LogP) is 4.17. The Kier molecular flexibility index (Phi) is 6.30. The molecule has 0 N–H and O–H groups in total. The minimum Gasteiger partial charge on any atom is -0.493 e. The summed E-state index contributed by atoms with van der Waals surface area (Å²) < 4.78 is 10.9. The number of aliphatic imine (C=N–C) groups is 1. The summed E-state index contributed by atoms with van der Waals surface area (Å²) in [6, 6.07) is 16.8. The molecular weight excluding hydrogens is 336 g/mol. The molecule has 0 bridgehead atoms. The van der Waals surface area contributed by atoms with E-state index in [2.05, 4.69) is 55.4 Å². The maximum atomic E-state index is 5.51. The van der Waals surface area contributed by atoms with Crippen LogP contribution in [0, 0.1) is 0 Å². The minimum atomic E-state index is 0.128. The molecule has 0 aromatic heterocycles. The van der Waals surface area contributed by atoms with E-state index in [1.165, 1.54) is 5.56 Å². The molecule has 4 heteroatoms. The highest BCUT2D eigenvalue weighted by atomic mass is 16.5. The highest BCUT2D eigenvalue weighted by molar-refractivity contribution is 5.79. The summed E-state index contributed by atoms with van der Waals surface area (Å²) in [4.78, 5) is 7.25. The molecule has 0 amide bonds. The molecule has 3 atom stereocenters. The van der Waals surface area contributed by atoms with Crippen molar-refractivity contribution in [3.63, 3.8) is 0 Å². The Morgan fingerprint density at radius 2 is 1.74 bits per heavy atom. The van der Waals surface area contributed by atoms with Crippen LogP contribution >= 0.6 is 0 Å². The molecule has 2 aromatic carbocycles. The van der Waals surface area contributed by atoms with Gasteiger partial charge in [-0.2, -0.15) is 0 Å². The van der Waals surface area contributed by atoms with Crippen molar-refractivity contribution in [2.24, 2.45) is 4.99 Å². The van der Waals surface area contributed by atoms with Crippen molar-refractivity contribution in [1.29, 1.82) is 0 Å². The van der Waals surface area contributed by atoms with Crippen molar-refractivity contribution < 1.29 is 9.47 Å². The third kappa shape index (κ3) is 4.40. The van der Waals surface area contributed by atoms with Gasteiger partial charge in [-0.1, -0.05) is 48.6 Å². The Morgan fingerprint density at radius 3 is 2.41 bits per heavy atom. The zero-order valence-electron chi connectivity index (χ0n) is 16.5. The van der Waals surface area contributed by atoms with E-state index in [4.69, 9.17) is 14.5 Å². The number of likely N-dealkylation sites (N-methyl/N-ethyl adjacent to an activating group) is 1. The van der Waals surface area contributed by atoms with Crippen molar-refractivity contribution in [2.75, 3.05) is 28.3 Å². The number of hydrogen-bond donors (Lipinski definition) is 0. The number of nitrogens with zero attached hydrogens (tertiary/aromatic N) is 2. The van der Waals surface area contributed by atoms with Crippen molar-refractivity contribution in [2.45, 2.75) is 24.4 Å². The predicted molar refractivity (Wildman–Crippen MR) is 111 cm³/mol. The zero-order valence-corrected chi connectivity index (χ0v) is 16.5. The Morgan fingerprint density at radius 1 is 1.00 bits per heavy atom. The first kappa shape index (κ1) is 19.2. The van der Waals surface area contributed by atoms with E-state index < -0.39 is 0 Å². The maximum Gasteiger partial charge on any atom is 0.160 e. The molecule has 0 fully saturated rings. The van der Waals surface area contributed by atoms with E-state index in [0.717, 1.165) is 23.5 Å². The van der Waals surface area contributed by atoms with Gasteiger partial charge in [0.25, 0.3) is 0 Å². The fourth-order valence-corrected chi connectivity index (χ4v) is 3.65. The van der Waals surface area contributed by atoms with Gasteiger partial charge in [0.05, 0.1) is 26.3 Å². The number of rotatable bonds is 6. The van der Waals surface area contributed by atoms with Gasteiger partial charge in [-0.3, -0.25) is 4.99 Å². The van der Waals surface area contributed by atoms with Crippen molar-refractivity contribution in [1.82, 2.24) is 4.90 Å². The molecule has 0 saturated heterocycles. The first-order valence-corrected chi connectivity index (χ1v) is 9.27. The first-order chi connectivity index (χ1) is 13.1. The maximum absolute atomic E-state index is 5.51. The van der Waals surface area contributed by atoms with E-state index in [-0.39, 0.29) is 18.0 Å². The molecule has 3 rings (SSSR count). The van der Waals surface area contributed by atoms with Crippen LogP contribution in [0.15, 0.2) is 65.7 Å². The van der Waals surface area contributed by atoms with Crippen molar-refractivity contribution in [3.05, 3.63) is 71.8 Å². The van der Waals surface area contributed by atoms with Crippen molar-refractivity contribution >= 4 is 6.21 Å². The molecule has 0 radical (unpaired) electrons. The SMILES string of the molecule is COc1ccc([C@@H]2CC=C[C@H](N(C)C)C2N=Cc2ccccc2)cc1OC. The van der Waals surface area contributed by atoms with Crippen LogP contribution in [0.1, 0.15) is 23.5 Å². The topological polar surface area (TPSA) is 34.1 Å². The van der Waals surface area contributed by atoms with Gasteiger partial charge in [-0.25, -0.2) is 0 Å². The molecule has 0 saturated carbocycles. The average Bonchev–Trinajstić information content (AvgIpc) is 2.72. The normalized spacial score (nSPS) is 22.3. The van der Waals surface area contributed by atoms with Crippen LogP contribution in [0.2, 0.25) is 0 Å². The lowest BCUT2D eigenvalue weighted by molar-refractivity contribution is 0.270. The molecule has 0 spiro atoms. The molecule has 1 aliphatic rings. The standard InChI is InChI=1S/C23H28N2O2/c1-25(2)20-12-8-11-19(18-13-14-21(26-3)22(15-18)27-4)23(20)24-16-17-9-6-5-7-10-17/h5-10,12-16,19-20,23H,11H2,1-4H3/t19-,20-,23?/m0/s1. The van der Waals surface area contributed by atoms with Crippen LogP contribution in [0.4, 0.5) is 0 Å². The smallest absolute Gasteiger partial charge is 0.160 e. The van der Waals surface area contributed by atoms with Crippen molar-refractivity contribution in [3.8, 4) is 11.5 Å². The Bertz CT molecular complexity index is 799. The summed E-state index contributed by atoms with van der Waals surface area (Å²) in [6.07, 6.45) is 7.48. The largest absolute Gasteiger partial charge is 0.493 e. The second kappa shape index (κ2) is 8.87. The highest BCUT2D eigenvalue weighted by Crippen LogP contribution is 2.37. The number of allylic oxidation sites excluding steroid dienone is 1. The lowest BCUT2D eigenvalue weighted by atomic mass is 9.80.